The summed E-state index contributed by atoms with van der Waals surface area (Å²) in [5.74, 6) is 0. The molecule has 130 valence electrons. The molecule has 0 radical (unpaired) electrons. The van der Waals surface area contributed by atoms with Crippen LogP contribution in [0, 0.1) is 25.2 Å². The highest BCUT2D eigenvalue weighted by atomic mass is 35.5. The van der Waals surface area contributed by atoms with E-state index in [2.05, 4.69) is 35.5 Å². The van der Waals surface area contributed by atoms with E-state index < -0.39 is 0 Å². The van der Waals surface area contributed by atoms with Crippen molar-refractivity contribution in [3.05, 3.63) is 58.4 Å². The minimum Gasteiger partial charge on any atom is -0.318 e. The van der Waals surface area contributed by atoms with Gasteiger partial charge in [0.15, 0.2) is 0 Å². The molecule has 0 saturated carbocycles. The Labute approximate surface area is 155 Å². The minimum atomic E-state index is 0.738. The van der Waals surface area contributed by atoms with Crippen molar-refractivity contribution < 1.29 is 0 Å². The molecule has 1 aromatic carbocycles. The van der Waals surface area contributed by atoms with E-state index in [-0.39, 0.29) is 0 Å². The third-order valence-electron chi connectivity index (χ3n) is 4.94. The highest BCUT2D eigenvalue weighted by Crippen LogP contribution is 2.28. The number of allylic oxidation sites excluding steroid dienone is 1. The molecule has 0 aliphatic carbocycles. The fourth-order valence-corrected chi connectivity index (χ4v) is 3.85. The Bertz CT molecular complexity index is 803. The lowest BCUT2D eigenvalue weighted by molar-refractivity contribution is 0.255. The summed E-state index contributed by atoms with van der Waals surface area (Å²) in [7, 11) is 0. The predicted octanol–water partition coefficient (Wildman–Crippen LogP) is 5.14. The monoisotopic (exact) mass is 353 g/mol. The Morgan fingerprint density at radius 1 is 1.16 bits per heavy atom. The van der Waals surface area contributed by atoms with Crippen LogP contribution in [0.5, 0.6) is 0 Å². The van der Waals surface area contributed by atoms with Crippen molar-refractivity contribution in [3.8, 4) is 11.8 Å². The van der Waals surface area contributed by atoms with E-state index in [0.717, 1.165) is 41.6 Å². The summed E-state index contributed by atoms with van der Waals surface area (Å²) in [4.78, 5) is 2.46. The number of hydrogen-bond acceptors (Lipinski definition) is 2. The number of aryl methyl sites for hydroxylation is 1. The second-order valence-corrected chi connectivity index (χ2v) is 7.17. The van der Waals surface area contributed by atoms with E-state index in [1.807, 2.05) is 24.3 Å². The number of likely N-dealkylation sites (tertiary alicyclic amines) is 1. The Hall–Kier alpha value is -2.02. The standard InChI is InChI=1S/C21H24ClN3/c1-16-14-21(17(2)25(16)20-8-6-19(22)7-9-20)18(10-11-23)15-24-12-4-3-5-13-24/h6-10,14H,3-5,12-13,15H2,1-2H3. The van der Waals surface area contributed by atoms with E-state index >= 15 is 0 Å². The van der Waals surface area contributed by atoms with Crippen LogP contribution in [0.4, 0.5) is 0 Å². The first kappa shape index (κ1) is 17.8. The lowest BCUT2D eigenvalue weighted by Gasteiger charge is -2.27. The fraction of sp³-hybridized carbons (Fsp3) is 0.381. The van der Waals surface area contributed by atoms with Crippen molar-refractivity contribution in [2.75, 3.05) is 19.6 Å². The van der Waals surface area contributed by atoms with Gasteiger partial charge in [0, 0.05) is 40.3 Å². The number of aromatic nitrogens is 1. The zero-order valence-electron chi connectivity index (χ0n) is 14.9. The molecule has 3 nitrogen and oxygen atoms in total. The van der Waals surface area contributed by atoms with Gasteiger partial charge >= 0.3 is 0 Å². The van der Waals surface area contributed by atoms with Gasteiger partial charge in [-0.2, -0.15) is 5.26 Å². The first-order valence-corrected chi connectivity index (χ1v) is 9.24. The van der Waals surface area contributed by atoms with Crippen molar-refractivity contribution in [1.29, 1.82) is 5.26 Å². The predicted molar refractivity (Wildman–Crippen MR) is 104 cm³/mol. The topological polar surface area (TPSA) is 32.0 Å². The Morgan fingerprint density at radius 3 is 2.48 bits per heavy atom. The number of piperidine rings is 1. The third kappa shape index (κ3) is 3.98. The number of benzene rings is 1. The lowest BCUT2D eigenvalue weighted by Crippen LogP contribution is -2.31. The third-order valence-corrected chi connectivity index (χ3v) is 5.20. The number of halogens is 1. The highest BCUT2D eigenvalue weighted by molar-refractivity contribution is 6.30. The van der Waals surface area contributed by atoms with Crippen LogP contribution in [0.3, 0.4) is 0 Å². The molecule has 2 aromatic rings. The molecule has 0 spiro atoms. The van der Waals surface area contributed by atoms with Gasteiger partial charge in [0.1, 0.15) is 0 Å². The van der Waals surface area contributed by atoms with E-state index in [9.17, 15) is 5.26 Å². The molecule has 0 amide bonds. The average molecular weight is 354 g/mol. The number of nitrogens with zero attached hydrogens (tertiary/aromatic N) is 3. The zero-order chi connectivity index (χ0) is 17.8. The molecule has 1 aliphatic heterocycles. The summed E-state index contributed by atoms with van der Waals surface area (Å²) in [6.45, 7) is 7.32. The van der Waals surface area contributed by atoms with Gasteiger partial charge in [-0.05, 0) is 75.7 Å². The van der Waals surface area contributed by atoms with E-state index in [1.165, 1.54) is 30.5 Å². The quantitative estimate of drug-likeness (QED) is 0.713. The summed E-state index contributed by atoms with van der Waals surface area (Å²) >= 11 is 6.02. The Morgan fingerprint density at radius 2 is 1.84 bits per heavy atom. The van der Waals surface area contributed by atoms with Crippen molar-refractivity contribution >= 4 is 17.2 Å². The van der Waals surface area contributed by atoms with Crippen LogP contribution in [-0.2, 0) is 0 Å². The van der Waals surface area contributed by atoms with Crippen LogP contribution in [-0.4, -0.2) is 29.1 Å². The summed E-state index contributed by atoms with van der Waals surface area (Å²) in [5, 5.41) is 10.0. The van der Waals surface area contributed by atoms with Gasteiger partial charge < -0.3 is 4.57 Å². The second kappa shape index (κ2) is 7.91. The van der Waals surface area contributed by atoms with Crippen LogP contribution < -0.4 is 0 Å². The fourth-order valence-electron chi connectivity index (χ4n) is 3.72. The average Bonchev–Trinajstić information content (AvgIpc) is 2.91. The maximum absolute atomic E-state index is 9.28. The Balaban J connectivity index is 1.95. The summed E-state index contributed by atoms with van der Waals surface area (Å²) in [5.41, 5.74) is 5.70. The number of rotatable bonds is 4. The maximum atomic E-state index is 9.28. The van der Waals surface area contributed by atoms with Crippen LogP contribution in [0.2, 0.25) is 5.02 Å². The largest absolute Gasteiger partial charge is 0.318 e. The highest BCUT2D eigenvalue weighted by Gasteiger charge is 2.18. The van der Waals surface area contributed by atoms with Gasteiger partial charge in [-0.1, -0.05) is 18.0 Å². The summed E-state index contributed by atoms with van der Waals surface area (Å²) in [6, 6.07) is 12.3. The van der Waals surface area contributed by atoms with Crippen molar-refractivity contribution in [2.45, 2.75) is 33.1 Å². The molecule has 0 unspecified atom stereocenters. The smallest absolute Gasteiger partial charge is 0.0915 e. The van der Waals surface area contributed by atoms with Crippen molar-refractivity contribution in [3.63, 3.8) is 0 Å². The van der Waals surface area contributed by atoms with Crippen molar-refractivity contribution in [2.24, 2.45) is 0 Å². The maximum Gasteiger partial charge on any atom is 0.0915 e. The van der Waals surface area contributed by atoms with Crippen molar-refractivity contribution in [1.82, 2.24) is 9.47 Å². The first-order chi connectivity index (χ1) is 12.1. The van der Waals surface area contributed by atoms with Crippen LogP contribution in [0.15, 0.2) is 36.4 Å². The number of hydrogen-bond donors (Lipinski definition) is 0. The second-order valence-electron chi connectivity index (χ2n) is 6.73. The molecule has 4 heteroatoms. The molecular formula is C21H24ClN3. The molecule has 1 aromatic heterocycles. The van der Waals surface area contributed by atoms with E-state index in [4.69, 9.17) is 11.6 Å². The minimum absolute atomic E-state index is 0.738. The van der Waals surface area contributed by atoms with Crippen LogP contribution >= 0.6 is 11.6 Å². The molecule has 1 aliphatic rings. The summed E-state index contributed by atoms with van der Waals surface area (Å²) in [6.07, 6.45) is 5.54. The van der Waals surface area contributed by atoms with Crippen LogP contribution in [0.1, 0.15) is 36.2 Å². The van der Waals surface area contributed by atoms with Gasteiger partial charge in [0.25, 0.3) is 0 Å². The van der Waals surface area contributed by atoms with E-state index in [1.54, 1.807) is 6.08 Å². The first-order valence-electron chi connectivity index (χ1n) is 8.86. The number of nitriles is 1. The van der Waals surface area contributed by atoms with Crippen LogP contribution in [0.25, 0.3) is 11.3 Å². The SMILES string of the molecule is Cc1cc(C(=CC#N)CN2CCCCC2)c(C)n1-c1ccc(Cl)cc1. The molecule has 1 fully saturated rings. The normalized spacial score (nSPS) is 16.0. The molecule has 0 bridgehead atoms. The van der Waals surface area contributed by atoms with Gasteiger partial charge in [-0.15, -0.1) is 0 Å². The van der Waals surface area contributed by atoms with Gasteiger partial charge in [0.05, 0.1) is 6.07 Å². The molecule has 0 N–H and O–H groups in total. The molecular weight excluding hydrogens is 330 g/mol. The van der Waals surface area contributed by atoms with Gasteiger partial charge in [-0.3, -0.25) is 4.90 Å². The molecule has 3 rings (SSSR count). The van der Waals surface area contributed by atoms with Gasteiger partial charge in [-0.25, -0.2) is 0 Å². The lowest BCUT2D eigenvalue weighted by atomic mass is 10.0. The molecule has 25 heavy (non-hydrogen) atoms. The Kier molecular flexibility index (Phi) is 5.63. The molecule has 2 heterocycles. The summed E-state index contributed by atoms with van der Waals surface area (Å²) < 4.78 is 2.23. The zero-order valence-corrected chi connectivity index (χ0v) is 15.7. The van der Waals surface area contributed by atoms with E-state index in [0.29, 0.717) is 0 Å². The molecule has 1 saturated heterocycles. The molecule has 0 atom stereocenters. The van der Waals surface area contributed by atoms with Gasteiger partial charge in [0.2, 0.25) is 0 Å².